The van der Waals surface area contributed by atoms with Crippen LogP contribution in [0.3, 0.4) is 0 Å². The molecular formula is C14H25N3O. The predicted octanol–water partition coefficient (Wildman–Crippen LogP) is 2.90. The minimum atomic E-state index is 0.455. The quantitative estimate of drug-likeness (QED) is 0.874. The Morgan fingerprint density at radius 2 is 2.22 bits per heavy atom. The van der Waals surface area contributed by atoms with Crippen molar-refractivity contribution < 1.29 is 4.52 Å². The fourth-order valence-corrected chi connectivity index (χ4v) is 2.63. The van der Waals surface area contributed by atoms with E-state index >= 15 is 0 Å². The lowest BCUT2D eigenvalue weighted by Gasteiger charge is -2.26. The van der Waals surface area contributed by atoms with Crippen molar-refractivity contribution in [2.45, 2.75) is 64.3 Å². The molecule has 0 amide bonds. The average Bonchev–Trinajstić information content (AvgIpc) is 2.85. The molecule has 1 fully saturated rings. The minimum absolute atomic E-state index is 0.455. The van der Waals surface area contributed by atoms with Crippen molar-refractivity contribution in [3.63, 3.8) is 0 Å². The molecule has 1 N–H and O–H groups in total. The molecule has 1 aromatic heterocycles. The van der Waals surface area contributed by atoms with E-state index in [4.69, 9.17) is 4.52 Å². The van der Waals surface area contributed by atoms with Gasteiger partial charge in [0.15, 0.2) is 5.82 Å². The van der Waals surface area contributed by atoms with Crippen LogP contribution in [-0.2, 0) is 6.42 Å². The summed E-state index contributed by atoms with van der Waals surface area (Å²) in [7, 11) is 2.04. The van der Waals surface area contributed by atoms with E-state index in [0.29, 0.717) is 17.9 Å². The summed E-state index contributed by atoms with van der Waals surface area (Å²) in [5, 5.41) is 7.47. The fourth-order valence-electron chi connectivity index (χ4n) is 2.63. The molecular weight excluding hydrogens is 226 g/mol. The number of hydrogen-bond acceptors (Lipinski definition) is 4. The second-order valence-electron chi connectivity index (χ2n) is 5.83. The number of nitrogens with one attached hydrogen (secondary N) is 1. The lowest BCUT2D eigenvalue weighted by molar-refractivity contribution is 0.283. The van der Waals surface area contributed by atoms with E-state index in [1.54, 1.807) is 0 Å². The average molecular weight is 251 g/mol. The summed E-state index contributed by atoms with van der Waals surface area (Å²) in [6.45, 7) is 4.44. The van der Waals surface area contributed by atoms with Gasteiger partial charge in [-0.3, -0.25) is 0 Å². The first-order valence-electron chi connectivity index (χ1n) is 7.18. The second-order valence-corrected chi connectivity index (χ2v) is 5.83. The summed E-state index contributed by atoms with van der Waals surface area (Å²) in [6, 6.07) is 0.606. The van der Waals surface area contributed by atoms with Gasteiger partial charge in [0.05, 0.1) is 0 Å². The number of hydrogen-bond donors (Lipinski definition) is 1. The molecule has 2 rings (SSSR count). The smallest absolute Gasteiger partial charge is 0.229 e. The number of aryl methyl sites for hydroxylation is 1. The first kappa shape index (κ1) is 13.5. The summed E-state index contributed by atoms with van der Waals surface area (Å²) < 4.78 is 5.44. The zero-order chi connectivity index (χ0) is 13.0. The highest BCUT2D eigenvalue weighted by atomic mass is 16.5. The van der Waals surface area contributed by atoms with Crippen LogP contribution in [0.2, 0.25) is 0 Å². The van der Waals surface area contributed by atoms with Gasteiger partial charge in [-0.2, -0.15) is 4.98 Å². The molecule has 1 aliphatic rings. The molecule has 102 valence electrons. The third kappa shape index (κ3) is 3.55. The summed E-state index contributed by atoms with van der Waals surface area (Å²) in [5.74, 6) is 2.88. The molecule has 1 aromatic rings. The topological polar surface area (TPSA) is 51.0 Å². The zero-order valence-corrected chi connectivity index (χ0v) is 11.8. The first-order valence-corrected chi connectivity index (χ1v) is 7.18. The van der Waals surface area contributed by atoms with Crippen LogP contribution >= 0.6 is 0 Å². The summed E-state index contributed by atoms with van der Waals surface area (Å²) >= 11 is 0. The van der Waals surface area contributed by atoms with Crippen LogP contribution in [0.4, 0.5) is 0 Å². The van der Waals surface area contributed by atoms with Gasteiger partial charge in [0, 0.05) is 18.4 Å². The van der Waals surface area contributed by atoms with Crippen LogP contribution in [0.25, 0.3) is 0 Å². The first-order chi connectivity index (χ1) is 8.69. The van der Waals surface area contributed by atoms with Crippen LogP contribution in [-0.4, -0.2) is 23.2 Å². The van der Waals surface area contributed by atoms with Crippen molar-refractivity contribution in [2.75, 3.05) is 7.05 Å². The van der Waals surface area contributed by atoms with Gasteiger partial charge in [-0.25, -0.2) is 0 Å². The van der Waals surface area contributed by atoms with Crippen molar-refractivity contribution >= 4 is 0 Å². The maximum atomic E-state index is 5.44. The van der Waals surface area contributed by atoms with Gasteiger partial charge in [0.25, 0.3) is 0 Å². The van der Waals surface area contributed by atoms with Crippen molar-refractivity contribution in [3.05, 3.63) is 11.7 Å². The van der Waals surface area contributed by atoms with Gasteiger partial charge < -0.3 is 9.84 Å². The molecule has 4 heteroatoms. The Balaban J connectivity index is 1.92. The number of aromatic nitrogens is 2. The van der Waals surface area contributed by atoms with Crippen molar-refractivity contribution in [2.24, 2.45) is 5.92 Å². The molecule has 1 heterocycles. The second kappa shape index (κ2) is 6.32. The normalized spacial score (nSPS) is 24.7. The largest absolute Gasteiger partial charge is 0.339 e. The SMILES string of the molecule is CNC1CCCC(c2nc(CCC(C)C)no2)C1. The Kier molecular flexibility index (Phi) is 4.75. The van der Waals surface area contributed by atoms with E-state index in [1.807, 2.05) is 7.05 Å². The predicted molar refractivity (Wildman–Crippen MR) is 71.5 cm³/mol. The van der Waals surface area contributed by atoms with Crippen LogP contribution in [0.15, 0.2) is 4.52 Å². The van der Waals surface area contributed by atoms with Gasteiger partial charge in [0.2, 0.25) is 5.89 Å². The number of nitrogens with zero attached hydrogens (tertiary/aromatic N) is 2. The third-order valence-corrected chi connectivity index (χ3v) is 3.86. The van der Waals surface area contributed by atoms with E-state index in [1.165, 1.54) is 19.3 Å². The molecule has 18 heavy (non-hydrogen) atoms. The Labute approximate surface area is 110 Å². The molecule has 0 saturated heterocycles. The molecule has 0 spiro atoms. The summed E-state index contributed by atoms with van der Waals surface area (Å²) in [4.78, 5) is 4.57. The standard InChI is InChI=1S/C14H25N3O/c1-10(2)7-8-13-16-14(18-17-13)11-5-4-6-12(9-11)15-3/h10-12,15H,4-9H2,1-3H3. The van der Waals surface area contributed by atoms with Crippen LogP contribution in [0.5, 0.6) is 0 Å². The Morgan fingerprint density at radius 3 is 2.94 bits per heavy atom. The molecule has 1 aliphatic carbocycles. The summed E-state index contributed by atoms with van der Waals surface area (Å²) in [5.41, 5.74) is 0. The van der Waals surface area contributed by atoms with Gasteiger partial charge in [-0.05, 0) is 38.6 Å². The molecule has 4 nitrogen and oxygen atoms in total. The molecule has 0 aromatic carbocycles. The molecule has 0 bridgehead atoms. The van der Waals surface area contributed by atoms with Crippen molar-refractivity contribution in [1.29, 1.82) is 0 Å². The molecule has 1 saturated carbocycles. The van der Waals surface area contributed by atoms with Crippen LogP contribution in [0.1, 0.15) is 63.6 Å². The lowest BCUT2D eigenvalue weighted by Crippen LogP contribution is -2.30. The van der Waals surface area contributed by atoms with Crippen molar-refractivity contribution in [1.82, 2.24) is 15.5 Å². The number of rotatable bonds is 5. The van der Waals surface area contributed by atoms with Gasteiger partial charge in [-0.1, -0.05) is 25.4 Å². The van der Waals surface area contributed by atoms with E-state index < -0.39 is 0 Å². The minimum Gasteiger partial charge on any atom is -0.339 e. The highest BCUT2D eigenvalue weighted by molar-refractivity contribution is 4.98. The molecule has 0 aliphatic heterocycles. The Morgan fingerprint density at radius 1 is 1.39 bits per heavy atom. The fraction of sp³-hybridized carbons (Fsp3) is 0.857. The molecule has 0 radical (unpaired) electrons. The Bertz CT molecular complexity index is 362. The Hall–Kier alpha value is -0.900. The van der Waals surface area contributed by atoms with E-state index in [2.05, 4.69) is 29.3 Å². The van der Waals surface area contributed by atoms with E-state index in [9.17, 15) is 0 Å². The van der Waals surface area contributed by atoms with Crippen LogP contribution < -0.4 is 5.32 Å². The maximum Gasteiger partial charge on any atom is 0.229 e. The van der Waals surface area contributed by atoms with Gasteiger partial charge >= 0.3 is 0 Å². The van der Waals surface area contributed by atoms with E-state index in [0.717, 1.165) is 31.0 Å². The van der Waals surface area contributed by atoms with Gasteiger partial charge in [-0.15, -0.1) is 0 Å². The van der Waals surface area contributed by atoms with Gasteiger partial charge in [0.1, 0.15) is 0 Å². The summed E-state index contributed by atoms with van der Waals surface area (Å²) in [6.07, 6.45) is 6.89. The molecule has 2 atom stereocenters. The highest BCUT2D eigenvalue weighted by Crippen LogP contribution is 2.31. The zero-order valence-electron chi connectivity index (χ0n) is 11.8. The van der Waals surface area contributed by atoms with Crippen molar-refractivity contribution in [3.8, 4) is 0 Å². The van der Waals surface area contributed by atoms with E-state index in [-0.39, 0.29) is 0 Å². The van der Waals surface area contributed by atoms with Crippen LogP contribution in [0, 0.1) is 5.92 Å². The highest BCUT2D eigenvalue weighted by Gasteiger charge is 2.26. The lowest BCUT2D eigenvalue weighted by atomic mass is 9.86. The maximum absolute atomic E-state index is 5.44. The third-order valence-electron chi connectivity index (χ3n) is 3.86. The monoisotopic (exact) mass is 251 g/mol. The molecule has 2 unspecified atom stereocenters.